The Morgan fingerprint density at radius 2 is 1.88 bits per heavy atom. The SMILES string of the molecule is CCCCC(CN)NC(=O)CNS(=O)(=O)c1ccc(OC(F)(F)F)cc1. The van der Waals surface area contributed by atoms with Crippen molar-refractivity contribution in [2.75, 3.05) is 13.1 Å². The molecule has 0 spiro atoms. The Morgan fingerprint density at radius 1 is 1.27 bits per heavy atom. The van der Waals surface area contributed by atoms with E-state index < -0.39 is 34.6 Å². The molecular weight excluding hydrogens is 375 g/mol. The number of nitrogens with one attached hydrogen (secondary N) is 2. The number of rotatable bonds is 10. The third kappa shape index (κ3) is 8.02. The van der Waals surface area contributed by atoms with E-state index in [-0.39, 0.29) is 17.5 Å². The van der Waals surface area contributed by atoms with E-state index in [1.54, 1.807) is 0 Å². The zero-order valence-corrected chi connectivity index (χ0v) is 15.0. The van der Waals surface area contributed by atoms with E-state index in [2.05, 4.69) is 14.8 Å². The van der Waals surface area contributed by atoms with Gasteiger partial charge in [0.05, 0.1) is 11.4 Å². The van der Waals surface area contributed by atoms with Gasteiger partial charge in [-0.15, -0.1) is 13.2 Å². The standard InChI is InChI=1S/C15H22F3N3O4S/c1-2-3-4-11(9-19)21-14(22)10-20-26(23,24)13-7-5-12(6-8-13)25-15(16,17)18/h5-8,11,20H,2-4,9-10,19H2,1H3,(H,21,22). The minimum Gasteiger partial charge on any atom is -0.406 e. The molecule has 1 rings (SSSR count). The Morgan fingerprint density at radius 3 is 2.38 bits per heavy atom. The molecular formula is C15H22F3N3O4S. The molecule has 0 aromatic heterocycles. The van der Waals surface area contributed by atoms with Gasteiger partial charge in [0.1, 0.15) is 5.75 Å². The number of ether oxygens (including phenoxy) is 1. The molecule has 0 heterocycles. The van der Waals surface area contributed by atoms with E-state index in [1.807, 2.05) is 6.92 Å². The molecule has 0 saturated carbocycles. The summed E-state index contributed by atoms with van der Waals surface area (Å²) in [5, 5.41) is 2.62. The van der Waals surface area contributed by atoms with Crippen molar-refractivity contribution < 1.29 is 31.1 Å². The lowest BCUT2D eigenvalue weighted by atomic mass is 10.1. The number of nitrogens with two attached hydrogens (primary N) is 1. The lowest BCUT2D eigenvalue weighted by Gasteiger charge is -2.16. The van der Waals surface area contributed by atoms with Crippen LogP contribution in [0.25, 0.3) is 0 Å². The van der Waals surface area contributed by atoms with Gasteiger partial charge >= 0.3 is 6.36 Å². The summed E-state index contributed by atoms with van der Waals surface area (Å²) in [6, 6.07) is 3.40. The molecule has 0 saturated heterocycles. The molecule has 7 nitrogen and oxygen atoms in total. The molecule has 1 aromatic carbocycles. The number of carbonyl (C=O) groups excluding carboxylic acids is 1. The number of hydrogen-bond acceptors (Lipinski definition) is 5. The van der Waals surface area contributed by atoms with Crippen molar-refractivity contribution in [3.63, 3.8) is 0 Å². The van der Waals surface area contributed by atoms with Gasteiger partial charge in [0, 0.05) is 12.6 Å². The first-order chi connectivity index (χ1) is 12.1. The largest absolute Gasteiger partial charge is 0.573 e. The summed E-state index contributed by atoms with van der Waals surface area (Å²) >= 11 is 0. The fourth-order valence-electron chi connectivity index (χ4n) is 2.04. The number of sulfonamides is 1. The normalized spacial score (nSPS) is 13.3. The van der Waals surface area contributed by atoms with Crippen molar-refractivity contribution in [3.8, 4) is 5.75 Å². The summed E-state index contributed by atoms with van der Waals surface area (Å²) < 4.78 is 66.2. The van der Waals surface area contributed by atoms with Crippen molar-refractivity contribution in [1.82, 2.24) is 10.0 Å². The Kier molecular flexibility index (Phi) is 8.31. The van der Waals surface area contributed by atoms with Crippen LogP contribution >= 0.6 is 0 Å². The van der Waals surface area contributed by atoms with Gasteiger partial charge < -0.3 is 15.8 Å². The van der Waals surface area contributed by atoms with Crippen LogP contribution in [0.4, 0.5) is 13.2 Å². The molecule has 0 fully saturated rings. The number of hydrogen-bond donors (Lipinski definition) is 3. The molecule has 148 valence electrons. The second-order valence-electron chi connectivity index (χ2n) is 5.49. The molecule has 0 aliphatic rings. The maximum Gasteiger partial charge on any atom is 0.573 e. The molecule has 4 N–H and O–H groups in total. The summed E-state index contributed by atoms with van der Waals surface area (Å²) in [4.78, 5) is 11.5. The zero-order valence-electron chi connectivity index (χ0n) is 14.2. The summed E-state index contributed by atoms with van der Waals surface area (Å²) in [5.74, 6) is -1.09. The van der Waals surface area contributed by atoms with Gasteiger partial charge in [-0.2, -0.15) is 0 Å². The van der Waals surface area contributed by atoms with Crippen LogP contribution in [-0.2, 0) is 14.8 Å². The molecule has 0 bridgehead atoms. The summed E-state index contributed by atoms with van der Waals surface area (Å²) in [5.41, 5.74) is 5.55. The van der Waals surface area contributed by atoms with Gasteiger partial charge in [0.25, 0.3) is 0 Å². The van der Waals surface area contributed by atoms with Crippen LogP contribution in [-0.4, -0.2) is 39.8 Å². The number of carbonyl (C=O) groups is 1. The maximum atomic E-state index is 12.1. The van der Waals surface area contributed by atoms with Gasteiger partial charge in [-0.1, -0.05) is 19.8 Å². The van der Waals surface area contributed by atoms with E-state index in [4.69, 9.17) is 5.73 Å². The highest BCUT2D eigenvalue weighted by molar-refractivity contribution is 7.89. The van der Waals surface area contributed by atoms with E-state index in [0.29, 0.717) is 6.42 Å². The molecule has 0 aliphatic carbocycles. The van der Waals surface area contributed by atoms with Crippen LogP contribution in [0.2, 0.25) is 0 Å². The van der Waals surface area contributed by atoms with Gasteiger partial charge in [-0.3, -0.25) is 4.79 Å². The highest BCUT2D eigenvalue weighted by Gasteiger charge is 2.31. The number of benzene rings is 1. The number of unbranched alkanes of at least 4 members (excludes halogenated alkanes) is 1. The molecule has 0 aliphatic heterocycles. The molecule has 1 amide bonds. The number of alkyl halides is 3. The first-order valence-electron chi connectivity index (χ1n) is 7.92. The predicted molar refractivity (Wildman–Crippen MR) is 88.8 cm³/mol. The minimum absolute atomic E-state index is 0.235. The minimum atomic E-state index is -4.87. The van der Waals surface area contributed by atoms with Crippen molar-refractivity contribution >= 4 is 15.9 Å². The summed E-state index contributed by atoms with van der Waals surface area (Å²) in [7, 11) is -4.05. The van der Waals surface area contributed by atoms with Crippen LogP contribution in [0.3, 0.4) is 0 Å². The fraction of sp³-hybridized carbons (Fsp3) is 0.533. The molecule has 26 heavy (non-hydrogen) atoms. The monoisotopic (exact) mass is 397 g/mol. The van der Waals surface area contributed by atoms with Gasteiger partial charge in [0.2, 0.25) is 15.9 Å². The number of halogens is 3. The Hall–Kier alpha value is -1.85. The maximum absolute atomic E-state index is 12.1. The fourth-order valence-corrected chi connectivity index (χ4v) is 3.02. The molecule has 1 atom stereocenters. The molecule has 0 radical (unpaired) electrons. The Bertz CT molecular complexity index is 678. The van der Waals surface area contributed by atoms with E-state index in [1.165, 1.54) is 0 Å². The van der Waals surface area contributed by atoms with E-state index in [9.17, 15) is 26.4 Å². The third-order valence-corrected chi connectivity index (χ3v) is 4.76. The average Bonchev–Trinajstić information content (AvgIpc) is 2.56. The average molecular weight is 397 g/mol. The Labute approximate surface area is 150 Å². The number of amides is 1. The second kappa shape index (κ2) is 9.74. The van der Waals surface area contributed by atoms with Crippen molar-refractivity contribution in [2.24, 2.45) is 5.73 Å². The van der Waals surface area contributed by atoms with Crippen LogP contribution in [0, 0.1) is 0 Å². The van der Waals surface area contributed by atoms with Crippen molar-refractivity contribution in [3.05, 3.63) is 24.3 Å². The van der Waals surface area contributed by atoms with Crippen LogP contribution < -0.4 is 20.5 Å². The highest BCUT2D eigenvalue weighted by atomic mass is 32.2. The summed E-state index contributed by atoms with van der Waals surface area (Å²) in [6.07, 6.45) is -2.37. The van der Waals surface area contributed by atoms with Gasteiger partial charge in [-0.05, 0) is 30.7 Å². The van der Waals surface area contributed by atoms with Crippen molar-refractivity contribution in [2.45, 2.75) is 43.5 Å². The summed E-state index contributed by atoms with van der Waals surface area (Å²) in [6.45, 7) is 1.72. The molecule has 1 unspecified atom stereocenters. The smallest absolute Gasteiger partial charge is 0.406 e. The topological polar surface area (TPSA) is 111 Å². The Balaban J connectivity index is 2.61. The quantitative estimate of drug-likeness (QED) is 0.554. The first-order valence-corrected chi connectivity index (χ1v) is 9.40. The molecule has 1 aromatic rings. The van der Waals surface area contributed by atoms with E-state index >= 15 is 0 Å². The lowest BCUT2D eigenvalue weighted by molar-refractivity contribution is -0.274. The van der Waals surface area contributed by atoms with E-state index in [0.717, 1.165) is 37.1 Å². The van der Waals surface area contributed by atoms with Gasteiger partial charge in [-0.25, -0.2) is 13.1 Å². The molecule has 11 heteroatoms. The first kappa shape index (κ1) is 22.2. The third-order valence-electron chi connectivity index (χ3n) is 3.35. The van der Waals surface area contributed by atoms with Crippen LogP contribution in [0.15, 0.2) is 29.2 Å². The lowest BCUT2D eigenvalue weighted by Crippen LogP contribution is -2.45. The highest BCUT2D eigenvalue weighted by Crippen LogP contribution is 2.23. The van der Waals surface area contributed by atoms with Gasteiger partial charge in [0.15, 0.2) is 0 Å². The predicted octanol–water partition coefficient (Wildman–Crippen LogP) is 1.50. The van der Waals surface area contributed by atoms with Crippen molar-refractivity contribution in [1.29, 1.82) is 0 Å². The van der Waals surface area contributed by atoms with Crippen LogP contribution in [0.5, 0.6) is 5.75 Å². The second-order valence-corrected chi connectivity index (χ2v) is 7.25. The zero-order chi connectivity index (χ0) is 19.8. The van der Waals surface area contributed by atoms with Crippen LogP contribution in [0.1, 0.15) is 26.2 Å².